The van der Waals surface area contributed by atoms with E-state index in [1.54, 1.807) is 12.4 Å². The van der Waals surface area contributed by atoms with Crippen molar-refractivity contribution in [2.75, 3.05) is 32.8 Å². The number of H-pyrrole nitrogens is 1. The van der Waals surface area contributed by atoms with Gasteiger partial charge < -0.3 is 20.3 Å². The van der Waals surface area contributed by atoms with Crippen molar-refractivity contribution in [2.24, 2.45) is 5.92 Å². The average molecular weight is 415 g/mol. The maximum atomic E-state index is 12.4. The molecule has 1 fully saturated rings. The summed E-state index contributed by atoms with van der Waals surface area (Å²) in [6.45, 7) is 4.58. The number of nitrogens with one attached hydrogen (secondary N) is 3. The van der Waals surface area contributed by atoms with Crippen molar-refractivity contribution in [1.29, 1.82) is 0 Å². The van der Waals surface area contributed by atoms with Crippen molar-refractivity contribution in [3.8, 4) is 17.1 Å². The highest BCUT2D eigenvalue weighted by Gasteiger charge is 2.24. The highest BCUT2D eigenvalue weighted by atomic mass is 16.5. The topological polar surface area (TPSA) is 112 Å². The first-order valence-electron chi connectivity index (χ1n) is 10.5. The van der Waals surface area contributed by atoms with Gasteiger partial charge in [0.1, 0.15) is 5.75 Å². The number of carbonyl (C=O) groups is 2. The van der Waals surface area contributed by atoms with Gasteiger partial charge in [-0.3, -0.25) is 14.9 Å². The van der Waals surface area contributed by atoms with Crippen LogP contribution >= 0.6 is 0 Å². The Morgan fingerprint density at radius 1 is 1.30 bits per heavy atom. The van der Waals surface area contributed by atoms with E-state index in [-0.39, 0.29) is 24.4 Å². The summed E-state index contributed by atoms with van der Waals surface area (Å²) in [5.74, 6) is 0.899. The van der Waals surface area contributed by atoms with Crippen LogP contribution in [0.5, 0.6) is 5.75 Å². The number of hydrogen-bond acceptors (Lipinski definition) is 5. The second-order valence-electron chi connectivity index (χ2n) is 7.47. The van der Waals surface area contributed by atoms with E-state index in [2.05, 4.69) is 32.7 Å². The Morgan fingerprint density at radius 3 is 2.93 bits per heavy atom. The van der Waals surface area contributed by atoms with Crippen LogP contribution in [-0.4, -0.2) is 64.8 Å². The highest BCUT2D eigenvalue weighted by Crippen LogP contribution is 2.20. The minimum atomic E-state index is -0.292. The summed E-state index contributed by atoms with van der Waals surface area (Å²) in [5.41, 5.74) is 1.66. The molecule has 1 atom stereocenters. The van der Waals surface area contributed by atoms with Crippen LogP contribution in [0.3, 0.4) is 0 Å². The van der Waals surface area contributed by atoms with Gasteiger partial charge in [-0.1, -0.05) is 13.3 Å². The van der Waals surface area contributed by atoms with E-state index >= 15 is 0 Å². The minimum absolute atomic E-state index is 0.0184. The first-order chi connectivity index (χ1) is 14.7. The summed E-state index contributed by atoms with van der Waals surface area (Å²) in [6, 6.07) is 5.34. The molecular formula is C21H30N6O3. The van der Waals surface area contributed by atoms with Gasteiger partial charge in [-0.05, 0) is 37.5 Å². The summed E-state index contributed by atoms with van der Waals surface area (Å²) in [4.78, 5) is 30.3. The molecular weight excluding hydrogens is 384 g/mol. The molecule has 2 aromatic heterocycles. The van der Waals surface area contributed by atoms with Crippen LogP contribution in [0.4, 0.5) is 4.79 Å². The van der Waals surface area contributed by atoms with Gasteiger partial charge in [0.25, 0.3) is 0 Å². The van der Waals surface area contributed by atoms with Crippen molar-refractivity contribution >= 4 is 11.9 Å². The number of nitrogens with zero attached hydrogens (tertiary/aromatic N) is 3. The molecule has 0 bridgehead atoms. The SMILES string of the molecule is CCCCNC(=O)NCC(=O)N1CCC[C@@H](COc2ccc(-c3ccn[nH]3)nc2)C1. The zero-order chi connectivity index (χ0) is 21.2. The Bertz CT molecular complexity index is 794. The van der Waals surface area contributed by atoms with E-state index in [0.29, 0.717) is 25.4 Å². The number of carbonyl (C=O) groups excluding carboxylic acids is 2. The molecule has 162 valence electrons. The lowest BCUT2D eigenvalue weighted by molar-refractivity contribution is -0.132. The van der Waals surface area contributed by atoms with Gasteiger partial charge in [0, 0.05) is 31.7 Å². The molecule has 30 heavy (non-hydrogen) atoms. The molecule has 2 aromatic rings. The molecule has 3 amide bonds. The van der Waals surface area contributed by atoms with Gasteiger partial charge in [-0.15, -0.1) is 0 Å². The summed E-state index contributed by atoms with van der Waals surface area (Å²) >= 11 is 0. The highest BCUT2D eigenvalue weighted by molar-refractivity contribution is 5.84. The normalized spacial score (nSPS) is 16.2. The smallest absolute Gasteiger partial charge is 0.315 e. The molecule has 3 heterocycles. The van der Waals surface area contributed by atoms with E-state index in [9.17, 15) is 9.59 Å². The van der Waals surface area contributed by atoms with E-state index in [1.807, 2.05) is 23.1 Å². The van der Waals surface area contributed by atoms with Crippen LogP contribution in [0.25, 0.3) is 11.4 Å². The van der Waals surface area contributed by atoms with Crippen molar-refractivity contribution in [3.63, 3.8) is 0 Å². The van der Waals surface area contributed by atoms with Crippen molar-refractivity contribution in [2.45, 2.75) is 32.6 Å². The fourth-order valence-corrected chi connectivity index (χ4v) is 3.37. The molecule has 9 nitrogen and oxygen atoms in total. The number of aromatic nitrogens is 3. The van der Waals surface area contributed by atoms with Crippen LogP contribution in [0, 0.1) is 5.92 Å². The Kier molecular flexibility index (Phi) is 8.05. The van der Waals surface area contributed by atoms with Crippen LogP contribution in [0.1, 0.15) is 32.6 Å². The van der Waals surface area contributed by atoms with E-state index in [0.717, 1.165) is 43.6 Å². The number of ether oxygens (including phenoxy) is 1. The molecule has 0 aliphatic carbocycles. The van der Waals surface area contributed by atoms with Crippen molar-refractivity contribution in [3.05, 3.63) is 30.6 Å². The quantitative estimate of drug-likeness (QED) is 0.545. The Labute approximate surface area is 176 Å². The predicted octanol–water partition coefficient (Wildman–Crippen LogP) is 2.19. The first-order valence-corrected chi connectivity index (χ1v) is 10.5. The number of pyridine rings is 1. The lowest BCUT2D eigenvalue weighted by Crippen LogP contribution is -2.47. The number of aromatic amines is 1. The number of amides is 3. The lowest BCUT2D eigenvalue weighted by Gasteiger charge is -2.32. The average Bonchev–Trinajstić information content (AvgIpc) is 3.32. The summed E-state index contributed by atoms with van der Waals surface area (Å²) in [6.07, 6.45) is 7.26. The van der Waals surface area contributed by atoms with E-state index in [4.69, 9.17) is 4.74 Å². The Hall–Kier alpha value is -3.10. The van der Waals surface area contributed by atoms with Gasteiger partial charge in [-0.2, -0.15) is 5.10 Å². The molecule has 0 aromatic carbocycles. The zero-order valence-electron chi connectivity index (χ0n) is 17.4. The fourth-order valence-electron chi connectivity index (χ4n) is 3.37. The maximum absolute atomic E-state index is 12.4. The van der Waals surface area contributed by atoms with E-state index in [1.165, 1.54) is 0 Å². The van der Waals surface area contributed by atoms with Crippen LogP contribution in [0.15, 0.2) is 30.6 Å². The Balaban J connectivity index is 1.40. The predicted molar refractivity (Wildman–Crippen MR) is 113 cm³/mol. The van der Waals surface area contributed by atoms with Gasteiger partial charge >= 0.3 is 6.03 Å². The summed E-state index contributed by atoms with van der Waals surface area (Å²) in [7, 11) is 0. The molecule has 9 heteroatoms. The molecule has 0 unspecified atom stereocenters. The Morgan fingerprint density at radius 2 is 2.20 bits per heavy atom. The fraction of sp³-hybridized carbons (Fsp3) is 0.524. The maximum Gasteiger partial charge on any atom is 0.315 e. The number of hydrogen-bond donors (Lipinski definition) is 3. The third kappa shape index (κ3) is 6.47. The number of piperidine rings is 1. The van der Waals surface area contributed by atoms with Crippen molar-refractivity contribution < 1.29 is 14.3 Å². The lowest BCUT2D eigenvalue weighted by atomic mass is 9.99. The second kappa shape index (κ2) is 11.2. The van der Waals surface area contributed by atoms with Gasteiger partial charge in [-0.25, -0.2) is 4.79 Å². The molecule has 3 N–H and O–H groups in total. The molecule has 1 saturated heterocycles. The largest absolute Gasteiger partial charge is 0.492 e. The third-order valence-corrected chi connectivity index (χ3v) is 5.09. The first kappa shape index (κ1) is 21.6. The molecule has 3 rings (SSSR count). The van der Waals surface area contributed by atoms with Crippen molar-refractivity contribution in [1.82, 2.24) is 30.7 Å². The molecule has 0 radical (unpaired) electrons. The summed E-state index contributed by atoms with van der Waals surface area (Å²) in [5, 5.41) is 12.2. The van der Waals surface area contributed by atoms with Crippen LogP contribution in [0.2, 0.25) is 0 Å². The summed E-state index contributed by atoms with van der Waals surface area (Å²) < 4.78 is 5.89. The number of likely N-dealkylation sites (tertiary alicyclic amines) is 1. The molecule has 0 saturated carbocycles. The molecule has 0 spiro atoms. The number of rotatable bonds is 9. The second-order valence-corrected chi connectivity index (χ2v) is 7.47. The van der Waals surface area contributed by atoms with Crippen LogP contribution < -0.4 is 15.4 Å². The number of urea groups is 1. The minimum Gasteiger partial charge on any atom is -0.492 e. The van der Waals surface area contributed by atoms with Crippen LogP contribution in [-0.2, 0) is 4.79 Å². The zero-order valence-corrected chi connectivity index (χ0v) is 17.4. The molecule has 1 aliphatic heterocycles. The molecule has 1 aliphatic rings. The monoisotopic (exact) mass is 414 g/mol. The third-order valence-electron chi connectivity index (χ3n) is 5.09. The van der Waals surface area contributed by atoms with Gasteiger partial charge in [0.15, 0.2) is 0 Å². The van der Waals surface area contributed by atoms with Gasteiger partial charge in [0.05, 0.1) is 30.7 Å². The van der Waals surface area contributed by atoms with E-state index < -0.39 is 0 Å². The number of unbranched alkanes of at least 4 members (excludes halogenated alkanes) is 1. The van der Waals surface area contributed by atoms with Gasteiger partial charge in [0.2, 0.25) is 5.91 Å². The standard InChI is InChI=1S/C21H30N6O3/c1-2-3-9-22-21(29)24-13-20(28)27-11-4-5-16(14-27)15-30-17-6-7-18(23-12-17)19-8-10-25-26-19/h6-8,10,12,16H,2-5,9,11,13-15H2,1H3,(H,25,26)(H2,22,24,29)/t16-/m1/s1.